The summed E-state index contributed by atoms with van der Waals surface area (Å²) >= 11 is 0. The van der Waals surface area contributed by atoms with E-state index in [0.717, 1.165) is 0 Å². The van der Waals surface area contributed by atoms with Crippen LogP contribution in [-0.2, 0) is 6.54 Å². The van der Waals surface area contributed by atoms with Crippen molar-refractivity contribution in [2.24, 2.45) is 0 Å². The molecule has 0 aliphatic carbocycles. The van der Waals surface area contributed by atoms with Crippen molar-refractivity contribution >= 4 is 11.5 Å². The average Bonchev–Trinajstić information content (AvgIpc) is 2.40. The van der Waals surface area contributed by atoms with Crippen LogP contribution in [-0.4, -0.2) is 10.7 Å². The lowest BCUT2D eigenvalue weighted by Crippen LogP contribution is -3.00. The predicted octanol–water partition coefficient (Wildman–Crippen LogP) is -1.23. The van der Waals surface area contributed by atoms with E-state index in [0.29, 0.717) is 5.56 Å². The zero-order valence-corrected chi connectivity index (χ0v) is 12.1. The van der Waals surface area contributed by atoms with Crippen molar-refractivity contribution in [3.8, 4) is 0 Å². The molecule has 0 unspecified atom stereocenters. The number of pyridine rings is 1. The van der Waals surface area contributed by atoms with Gasteiger partial charge in [-0.05, 0) is 12.1 Å². The number of nitro benzene ring substituents is 1. The molecule has 1 aromatic heterocycles. The Balaban J connectivity index is 0.00000180. The molecule has 5 nitrogen and oxygen atoms in total. The monoisotopic (exact) mass is 370 g/mol. The molecular weight excluding hydrogens is 359 g/mol. The van der Waals surface area contributed by atoms with Crippen LogP contribution in [0, 0.1) is 10.1 Å². The molecule has 6 heteroatoms. The number of Topliss-reactive ketones (excluding diaryl/α,β-unsaturated/α-hetero) is 1. The van der Waals surface area contributed by atoms with E-state index < -0.39 is 4.92 Å². The highest BCUT2D eigenvalue weighted by Gasteiger charge is 2.13. The van der Waals surface area contributed by atoms with Crippen molar-refractivity contribution < 1.29 is 38.3 Å². The molecule has 0 bridgehead atoms. The number of carbonyl (C=O) groups is 1. The molecule has 0 radical (unpaired) electrons. The van der Waals surface area contributed by atoms with Crippen LogP contribution in [0.2, 0.25) is 0 Å². The van der Waals surface area contributed by atoms with Gasteiger partial charge in [-0.25, -0.2) is 0 Å². The van der Waals surface area contributed by atoms with Crippen LogP contribution < -0.4 is 28.5 Å². The summed E-state index contributed by atoms with van der Waals surface area (Å²) in [5.41, 5.74) is 0.455. The molecule has 0 atom stereocenters. The summed E-state index contributed by atoms with van der Waals surface area (Å²) in [6.45, 7) is 0.221. The Hall–Kier alpha value is -1.83. The highest BCUT2D eigenvalue weighted by molar-refractivity contribution is 5.95. The van der Waals surface area contributed by atoms with Gasteiger partial charge in [0.15, 0.2) is 12.4 Å². The molecule has 0 spiro atoms. The Morgan fingerprint density at radius 3 is 2.21 bits per heavy atom. The Morgan fingerprint density at radius 2 is 1.68 bits per heavy atom. The quantitative estimate of drug-likeness (QED) is 0.223. The maximum Gasteiger partial charge on any atom is 0.269 e. The van der Waals surface area contributed by atoms with Gasteiger partial charge in [0.05, 0.1) is 4.92 Å². The fourth-order valence-electron chi connectivity index (χ4n) is 1.57. The van der Waals surface area contributed by atoms with Crippen LogP contribution in [0.1, 0.15) is 10.4 Å². The zero-order chi connectivity index (χ0) is 13.0. The van der Waals surface area contributed by atoms with Gasteiger partial charge in [-0.15, -0.1) is 0 Å². The van der Waals surface area contributed by atoms with Gasteiger partial charge in [0.2, 0.25) is 12.3 Å². The number of non-ortho nitro benzene ring substituents is 1. The number of hydrogen-bond acceptors (Lipinski definition) is 3. The average molecular weight is 370 g/mol. The molecule has 1 heterocycles. The summed E-state index contributed by atoms with van der Waals surface area (Å²) < 4.78 is 1.75. The number of nitrogens with zero attached hydrogens (tertiary/aromatic N) is 2. The summed E-state index contributed by atoms with van der Waals surface area (Å²) in [7, 11) is 0. The summed E-state index contributed by atoms with van der Waals surface area (Å²) in [6.07, 6.45) is 3.59. The zero-order valence-electron chi connectivity index (χ0n) is 9.90. The minimum absolute atomic E-state index is 0. The predicted molar refractivity (Wildman–Crippen MR) is 64.1 cm³/mol. The number of aromatic nitrogens is 1. The van der Waals surface area contributed by atoms with E-state index in [1.807, 2.05) is 18.2 Å². The molecule has 2 aromatic rings. The first kappa shape index (κ1) is 15.2. The lowest BCUT2D eigenvalue weighted by Gasteiger charge is -1.98. The maximum atomic E-state index is 11.9. The lowest BCUT2D eigenvalue weighted by atomic mass is 10.1. The molecule has 0 saturated heterocycles. The molecular formula is C13H11IN2O3. The van der Waals surface area contributed by atoms with Crippen molar-refractivity contribution in [2.45, 2.75) is 6.54 Å². The normalized spacial score (nSPS) is 9.47. The Morgan fingerprint density at radius 1 is 1.11 bits per heavy atom. The van der Waals surface area contributed by atoms with E-state index in [1.54, 1.807) is 17.0 Å². The van der Waals surface area contributed by atoms with Gasteiger partial charge in [0.25, 0.3) is 5.69 Å². The number of rotatable bonds is 4. The van der Waals surface area contributed by atoms with E-state index in [4.69, 9.17) is 0 Å². The Kier molecular flexibility index (Phi) is 5.56. The molecule has 19 heavy (non-hydrogen) atoms. The first-order chi connectivity index (χ1) is 8.66. The van der Waals surface area contributed by atoms with E-state index in [9.17, 15) is 14.9 Å². The molecule has 0 fully saturated rings. The smallest absolute Gasteiger partial charge is 0.269 e. The van der Waals surface area contributed by atoms with Gasteiger partial charge in [-0.2, -0.15) is 4.57 Å². The number of benzene rings is 1. The second-order valence-electron chi connectivity index (χ2n) is 3.77. The number of nitro groups is 1. The minimum Gasteiger partial charge on any atom is -1.00 e. The van der Waals surface area contributed by atoms with Crippen LogP contribution in [0.4, 0.5) is 5.69 Å². The number of hydrogen-bond donors (Lipinski definition) is 0. The van der Waals surface area contributed by atoms with Crippen LogP contribution >= 0.6 is 0 Å². The topological polar surface area (TPSA) is 64.1 Å². The third kappa shape index (κ3) is 4.09. The van der Waals surface area contributed by atoms with Crippen molar-refractivity contribution in [1.82, 2.24) is 0 Å². The van der Waals surface area contributed by atoms with Gasteiger partial charge in [-0.3, -0.25) is 14.9 Å². The third-order valence-corrected chi connectivity index (χ3v) is 2.50. The first-order valence-corrected chi connectivity index (χ1v) is 5.38. The van der Waals surface area contributed by atoms with Gasteiger partial charge < -0.3 is 24.0 Å². The second-order valence-corrected chi connectivity index (χ2v) is 3.77. The maximum absolute atomic E-state index is 11.9. The van der Waals surface area contributed by atoms with E-state index in [-0.39, 0.29) is 42.0 Å². The Labute approximate surface area is 127 Å². The number of halogens is 1. The van der Waals surface area contributed by atoms with Crippen molar-refractivity contribution in [3.05, 3.63) is 70.5 Å². The summed E-state index contributed by atoms with van der Waals surface area (Å²) in [4.78, 5) is 21.9. The molecule has 0 N–H and O–H groups in total. The third-order valence-electron chi connectivity index (χ3n) is 2.50. The van der Waals surface area contributed by atoms with Gasteiger partial charge >= 0.3 is 0 Å². The van der Waals surface area contributed by atoms with Crippen LogP contribution in [0.3, 0.4) is 0 Å². The largest absolute Gasteiger partial charge is 1.00 e. The van der Waals surface area contributed by atoms with Crippen LogP contribution in [0.5, 0.6) is 0 Å². The van der Waals surface area contributed by atoms with Gasteiger partial charge in [0.1, 0.15) is 0 Å². The lowest BCUT2D eigenvalue weighted by molar-refractivity contribution is -0.683. The standard InChI is InChI=1S/C13H11N2O3.HI/c16-13(10-14-8-2-1-3-9-14)11-4-6-12(7-5-11)15(17)18;/h1-9H,10H2;1H/q+1;/p-1. The van der Waals surface area contributed by atoms with Gasteiger partial charge in [0, 0.05) is 29.8 Å². The molecule has 0 saturated carbocycles. The molecule has 2 rings (SSSR count). The molecule has 0 aliphatic rings. The van der Waals surface area contributed by atoms with E-state index in [1.165, 1.54) is 24.3 Å². The molecule has 98 valence electrons. The van der Waals surface area contributed by atoms with Crippen LogP contribution in [0.25, 0.3) is 0 Å². The van der Waals surface area contributed by atoms with Crippen molar-refractivity contribution in [3.63, 3.8) is 0 Å². The second kappa shape index (κ2) is 6.93. The summed E-state index contributed by atoms with van der Waals surface area (Å²) in [5, 5.41) is 10.5. The highest BCUT2D eigenvalue weighted by Crippen LogP contribution is 2.12. The fraction of sp³-hybridized carbons (Fsp3) is 0.0769. The first-order valence-electron chi connectivity index (χ1n) is 5.38. The van der Waals surface area contributed by atoms with E-state index in [2.05, 4.69) is 0 Å². The minimum atomic E-state index is -0.486. The number of ketones is 1. The van der Waals surface area contributed by atoms with Crippen molar-refractivity contribution in [1.29, 1.82) is 0 Å². The summed E-state index contributed by atoms with van der Waals surface area (Å²) in [5.74, 6) is -0.0823. The fourth-order valence-corrected chi connectivity index (χ4v) is 1.57. The summed E-state index contributed by atoms with van der Waals surface area (Å²) in [6, 6.07) is 11.2. The van der Waals surface area contributed by atoms with Crippen LogP contribution in [0.15, 0.2) is 54.9 Å². The van der Waals surface area contributed by atoms with E-state index >= 15 is 0 Å². The molecule has 0 aliphatic heterocycles. The van der Waals surface area contributed by atoms with Gasteiger partial charge in [-0.1, -0.05) is 6.07 Å². The van der Waals surface area contributed by atoms with Crippen molar-refractivity contribution in [2.75, 3.05) is 0 Å². The Bertz CT molecular complexity index is 570. The molecule has 0 amide bonds. The SMILES string of the molecule is O=C(C[n+]1ccccc1)c1ccc([N+](=O)[O-])cc1.[I-]. The molecule has 1 aromatic carbocycles. The number of carbonyl (C=O) groups excluding carboxylic acids is 1. The highest BCUT2D eigenvalue weighted by atomic mass is 127.